The van der Waals surface area contributed by atoms with Gasteiger partial charge in [0.2, 0.25) is 0 Å². The van der Waals surface area contributed by atoms with Gasteiger partial charge in [-0.1, -0.05) is 46.0 Å². The zero-order chi connectivity index (χ0) is 28.4. The van der Waals surface area contributed by atoms with Crippen LogP contribution in [0.3, 0.4) is 0 Å². The van der Waals surface area contributed by atoms with Crippen molar-refractivity contribution in [2.75, 3.05) is 26.2 Å². The van der Waals surface area contributed by atoms with Gasteiger partial charge in [-0.3, -0.25) is 0 Å². The number of amides is 2. The SMILES string of the molecule is CCCCC(CC)CN(CCCCCCN(CC(F)(F)C(F)(F)C(F)(F)C(F)(F)F)C(=O)O)C(=O)O. The van der Waals surface area contributed by atoms with Gasteiger partial charge < -0.3 is 20.0 Å². The van der Waals surface area contributed by atoms with E-state index in [9.17, 15) is 54.2 Å². The van der Waals surface area contributed by atoms with Crippen LogP contribution in [0, 0.1) is 5.92 Å². The van der Waals surface area contributed by atoms with Gasteiger partial charge in [0, 0.05) is 19.6 Å². The first-order valence-electron chi connectivity index (χ1n) is 11.5. The van der Waals surface area contributed by atoms with E-state index >= 15 is 0 Å². The molecule has 0 aromatic rings. The van der Waals surface area contributed by atoms with Gasteiger partial charge in [0.05, 0.1) is 6.54 Å². The minimum atomic E-state index is -7.09. The highest BCUT2D eigenvalue weighted by Gasteiger charge is 2.81. The van der Waals surface area contributed by atoms with Gasteiger partial charge in [-0.15, -0.1) is 0 Å². The normalized spacial score (nSPS) is 14.0. The molecule has 0 heterocycles. The molecular weight excluding hydrogens is 515 g/mol. The summed E-state index contributed by atoms with van der Waals surface area (Å²) in [6.45, 7) is 1.04. The summed E-state index contributed by atoms with van der Waals surface area (Å²) >= 11 is 0. The van der Waals surface area contributed by atoms with E-state index in [4.69, 9.17) is 5.11 Å². The van der Waals surface area contributed by atoms with Crippen molar-refractivity contribution in [2.45, 2.75) is 89.2 Å². The fourth-order valence-electron chi connectivity index (χ4n) is 3.44. The quantitative estimate of drug-likeness (QED) is 0.149. The Morgan fingerprint density at radius 3 is 1.58 bits per heavy atom. The number of alkyl halides is 9. The lowest BCUT2D eigenvalue weighted by molar-refractivity contribution is -0.396. The topological polar surface area (TPSA) is 81.1 Å². The summed E-state index contributed by atoms with van der Waals surface area (Å²) in [5, 5.41) is 18.3. The second kappa shape index (κ2) is 14.0. The van der Waals surface area contributed by atoms with E-state index in [1.165, 1.54) is 4.90 Å². The highest BCUT2D eigenvalue weighted by molar-refractivity contribution is 5.65. The van der Waals surface area contributed by atoms with Crippen LogP contribution in [0.2, 0.25) is 0 Å². The number of nitrogens with zero attached hydrogens (tertiary/aromatic N) is 2. The Balaban J connectivity index is 4.86. The molecule has 0 rings (SSSR count). The van der Waals surface area contributed by atoms with Crippen LogP contribution in [0.15, 0.2) is 0 Å². The van der Waals surface area contributed by atoms with E-state index in [1.54, 1.807) is 0 Å². The zero-order valence-corrected chi connectivity index (χ0v) is 20.1. The van der Waals surface area contributed by atoms with Crippen molar-refractivity contribution >= 4 is 12.2 Å². The monoisotopic (exact) mass is 548 g/mol. The molecule has 1 atom stereocenters. The first kappa shape index (κ1) is 33.9. The molecule has 0 fully saturated rings. The minimum absolute atomic E-state index is 0.144. The summed E-state index contributed by atoms with van der Waals surface area (Å²) in [6, 6.07) is 0. The smallest absolute Gasteiger partial charge is 0.460 e. The van der Waals surface area contributed by atoms with Crippen LogP contribution in [0.4, 0.5) is 49.1 Å². The first-order chi connectivity index (χ1) is 16.4. The van der Waals surface area contributed by atoms with Gasteiger partial charge in [0.15, 0.2) is 0 Å². The Morgan fingerprint density at radius 1 is 0.722 bits per heavy atom. The van der Waals surface area contributed by atoms with E-state index in [0.717, 1.165) is 25.7 Å². The maximum Gasteiger partial charge on any atom is 0.460 e. The Kier molecular flexibility index (Phi) is 13.2. The zero-order valence-electron chi connectivity index (χ0n) is 20.1. The van der Waals surface area contributed by atoms with Gasteiger partial charge in [-0.2, -0.15) is 39.5 Å². The molecular formula is C21H33F9N2O4. The number of hydrogen-bond acceptors (Lipinski definition) is 2. The van der Waals surface area contributed by atoms with Gasteiger partial charge in [-0.25, -0.2) is 9.59 Å². The fourth-order valence-corrected chi connectivity index (χ4v) is 3.44. The number of rotatable bonds is 17. The summed E-state index contributed by atoms with van der Waals surface area (Å²) in [7, 11) is 0. The molecule has 0 aliphatic carbocycles. The number of hydrogen-bond donors (Lipinski definition) is 2. The lowest BCUT2D eigenvalue weighted by atomic mass is 9.98. The average molecular weight is 548 g/mol. The van der Waals surface area contributed by atoms with Crippen LogP contribution in [0.5, 0.6) is 0 Å². The van der Waals surface area contributed by atoms with Gasteiger partial charge >= 0.3 is 36.1 Å². The molecule has 0 aromatic heterocycles. The lowest BCUT2D eigenvalue weighted by Gasteiger charge is -2.35. The standard InChI is InChI=1S/C21H33F9N2O4/c1-3-5-10-15(4-2)13-31(16(33)34)11-8-6-7-9-12-32(17(35)36)14-18(22,23)19(24,25)20(26,27)21(28,29)30/h15H,3-14H2,1-2H3,(H,33,34)(H,35,36). The third kappa shape index (κ3) is 9.41. The highest BCUT2D eigenvalue weighted by atomic mass is 19.4. The fraction of sp³-hybridized carbons (Fsp3) is 0.905. The van der Waals surface area contributed by atoms with Crippen LogP contribution in [0.1, 0.15) is 65.2 Å². The summed E-state index contributed by atoms with van der Waals surface area (Å²) in [5.74, 6) is -19.8. The van der Waals surface area contributed by atoms with Crippen molar-refractivity contribution in [1.82, 2.24) is 9.80 Å². The van der Waals surface area contributed by atoms with E-state index < -0.39 is 49.2 Å². The second-order valence-corrected chi connectivity index (χ2v) is 8.61. The molecule has 2 N–H and O–H groups in total. The molecule has 36 heavy (non-hydrogen) atoms. The Bertz CT molecular complexity index is 691. The summed E-state index contributed by atoms with van der Waals surface area (Å²) in [6.07, 6.45) is -6.15. The second-order valence-electron chi connectivity index (χ2n) is 8.61. The van der Waals surface area contributed by atoms with Crippen LogP contribution in [-0.4, -0.2) is 82.3 Å². The van der Waals surface area contributed by atoms with Gasteiger partial charge in [0.1, 0.15) is 0 Å². The summed E-state index contributed by atoms with van der Waals surface area (Å²) in [4.78, 5) is 23.4. The Hall–Kier alpha value is -2.09. The molecule has 15 heteroatoms. The molecule has 0 saturated heterocycles. The molecule has 0 aliphatic heterocycles. The molecule has 0 saturated carbocycles. The lowest BCUT2D eigenvalue weighted by Crippen LogP contribution is -2.63. The molecule has 214 valence electrons. The van der Waals surface area contributed by atoms with E-state index in [1.807, 2.05) is 13.8 Å². The Labute approximate surface area is 203 Å². The van der Waals surface area contributed by atoms with Gasteiger partial charge in [-0.05, 0) is 25.2 Å². The van der Waals surface area contributed by atoms with Crippen LogP contribution < -0.4 is 0 Å². The molecule has 2 amide bonds. The van der Waals surface area contributed by atoms with Crippen LogP contribution in [0.25, 0.3) is 0 Å². The third-order valence-corrected chi connectivity index (χ3v) is 5.77. The van der Waals surface area contributed by atoms with Crippen molar-refractivity contribution in [1.29, 1.82) is 0 Å². The van der Waals surface area contributed by atoms with E-state index in [-0.39, 0.29) is 30.2 Å². The van der Waals surface area contributed by atoms with Crippen LogP contribution in [-0.2, 0) is 0 Å². The highest BCUT2D eigenvalue weighted by Crippen LogP contribution is 2.53. The van der Waals surface area contributed by atoms with E-state index in [0.29, 0.717) is 19.4 Å². The first-order valence-corrected chi connectivity index (χ1v) is 11.5. The number of carbonyl (C=O) groups is 2. The molecule has 6 nitrogen and oxygen atoms in total. The van der Waals surface area contributed by atoms with Crippen molar-refractivity contribution in [3.05, 3.63) is 0 Å². The maximum atomic E-state index is 13.7. The minimum Gasteiger partial charge on any atom is -0.465 e. The third-order valence-electron chi connectivity index (χ3n) is 5.77. The molecule has 0 aromatic carbocycles. The Morgan fingerprint density at radius 2 is 1.19 bits per heavy atom. The van der Waals surface area contributed by atoms with Crippen molar-refractivity contribution in [3.8, 4) is 0 Å². The molecule has 0 radical (unpaired) electrons. The number of carboxylic acid groups (broad SMARTS) is 2. The predicted octanol–water partition coefficient (Wildman–Crippen LogP) is 7.19. The number of halogens is 9. The molecule has 0 bridgehead atoms. The summed E-state index contributed by atoms with van der Waals surface area (Å²) < 4.78 is 117. The van der Waals surface area contributed by atoms with E-state index in [2.05, 4.69) is 0 Å². The number of unbranched alkanes of at least 4 members (excludes halogenated alkanes) is 4. The summed E-state index contributed by atoms with van der Waals surface area (Å²) in [5.41, 5.74) is 0. The average Bonchev–Trinajstić information content (AvgIpc) is 2.75. The molecule has 0 spiro atoms. The molecule has 1 unspecified atom stereocenters. The predicted molar refractivity (Wildman–Crippen MR) is 112 cm³/mol. The van der Waals surface area contributed by atoms with Crippen molar-refractivity contribution < 1.29 is 59.3 Å². The largest absolute Gasteiger partial charge is 0.465 e. The van der Waals surface area contributed by atoms with Crippen molar-refractivity contribution in [2.24, 2.45) is 5.92 Å². The van der Waals surface area contributed by atoms with Crippen LogP contribution >= 0.6 is 0 Å². The molecule has 0 aliphatic rings. The van der Waals surface area contributed by atoms with Gasteiger partial charge in [0.25, 0.3) is 0 Å². The van der Waals surface area contributed by atoms with Crippen molar-refractivity contribution in [3.63, 3.8) is 0 Å². The maximum absolute atomic E-state index is 13.7.